The molecule has 3 aliphatic heterocycles. The van der Waals surface area contributed by atoms with Gasteiger partial charge >= 0.3 is 13.5 Å². The third kappa shape index (κ3) is 13.9. The molecule has 4 aliphatic rings. The van der Waals surface area contributed by atoms with Crippen molar-refractivity contribution in [2.75, 3.05) is 50.1 Å². The van der Waals surface area contributed by atoms with Gasteiger partial charge in [-0.2, -0.15) is 0 Å². The molecule has 2 saturated heterocycles. The number of amides is 5. The first-order valence-corrected chi connectivity index (χ1v) is 25.5. The van der Waals surface area contributed by atoms with Gasteiger partial charge in [0.2, 0.25) is 17.7 Å². The molecule has 0 bridgehead atoms. The summed E-state index contributed by atoms with van der Waals surface area (Å²) in [4.78, 5) is 84.0. The number of aliphatic hydroxyl groups is 1. The molecule has 382 valence electrons. The predicted octanol–water partition coefficient (Wildman–Crippen LogP) is 7.64. The van der Waals surface area contributed by atoms with Crippen molar-refractivity contribution in [1.82, 2.24) is 15.1 Å². The number of carbonyl (C=O) groups is 6. The van der Waals surface area contributed by atoms with Crippen LogP contribution in [0.2, 0.25) is 0 Å². The van der Waals surface area contributed by atoms with Crippen LogP contribution < -0.4 is 24.9 Å². The van der Waals surface area contributed by atoms with Crippen LogP contribution in [0.5, 0.6) is 11.5 Å². The lowest BCUT2D eigenvalue weighted by atomic mass is 9.69. The first kappa shape index (κ1) is 53.9. The molecule has 3 N–H and O–H groups in total. The number of nitrogens with zero attached hydrogens (tertiary/aromatic N) is 3. The van der Waals surface area contributed by atoms with Gasteiger partial charge in [0.25, 0.3) is 5.91 Å². The molecule has 0 spiro atoms. The minimum Gasteiger partial charge on any atom is -0.493 e. The lowest BCUT2D eigenvalue weighted by Crippen LogP contribution is -2.50. The number of rotatable bonds is 22. The van der Waals surface area contributed by atoms with Crippen LogP contribution in [-0.4, -0.2) is 116 Å². The molecule has 2 aromatic rings. The summed E-state index contributed by atoms with van der Waals surface area (Å²) < 4.78 is 23.5. The Morgan fingerprint density at radius 2 is 1.61 bits per heavy atom. The van der Waals surface area contributed by atoms with Gasteiger partial charge in [-0.15, -0.1) is 0 Å². The zero-order valence-corrected chi connectivity index (χ0v) is 42.4. The summed E-state index contributed by atoms with van der Waals surface area (Å²) in [5.74, 6) is -0.190. The van der Waals surface area contributed by atoms with E-state index in [1.807, 2.05) is 34.6 Å². The van der Waals surface area contributed by atoms with Gasteiger partial charge in [-0.1, -0.05) is 90.0 Å². The number of unbranched alkanes of at least 4 members (excludes halogenated alkanes) is 1. The number of methoxy groups -OCH3 is 1. The third-order valence-electron chi connectivity index (χ3n) is 14.5. The minimum atomic E-state index is -1.42. The Hall–Kier alpha value is -5.42. The van der Waals surface area contributed by atoms with Crippen LogP contribution in [0.15, 0.2) is 48.6 Å². The number of hydrogen-bond acceptors (Lipinski definition) is 12. The largest absolute Gasteiger partial charge is 0.493 e. The number of ether oxygens (including phenoxy) is 4. The molecular weight excluding hydrogens is 893 g/mol. The fourth-order valence-electron chi connectivity index (χ4n) is 9.84. The Labute approximate surface area is 414 Å². The van der Waals surface area contributed by atoms with E-state index in [0.29, 0.717) is 61.8 Å². The smallest absolute Gasteiger partial charge is 0.416 e. The number of imide groups is 1. The molecule has 70 heavy (non-hydrogen) atoms. The highest BCUT2D eigenvalue weighted by atomic mass is 16.6. The molecule has 5 amide bonds. The fraction of sp³-hybridized carbons (Fsp3) is 0.623. The molecule has 1 aliphatic carbocycles. The highest BCUT2D eigenvalue weighted by Crippen LogP contribution is 2.42. The Bertz CT molecular complexity index is 2190. The van der Waals surface area contributed by atoms with Crippen molar-refractivity contribution in [1.29, 1.82) is 0 Å². The van der Waals surface area contributed by atoms with Gasteiger partial charge in [-0.25, -0.2) is 9.69 Å². The highest BCUT2D eigenvalue weighted by molar-refractivity contribution is 6.77. The molecule has 1 unspecified atom stereocenters. The van der Waals surface area contributed by atoms with Crippen molar-refractivity contribution in [3.63, 3.8) is 0 Å². The summed E-state index contributed by atoms with van der Waals surface area (Å²) in [5, 5.41) is 17.8. The van der Waals surface area contributed by atoms with Crippen LogP contribution in [-0.2, 0) is 35.3 Å². The molecule has 0 aromatic heterocycles. The summed E-state index contributed by atoms with van der Waals surface area (Å²) in [5.41, 5.74) is 1.18. The summed E-state index contributed by atoms with van der Waals surface area (Å²) in [6.07, 6.45) is 10.1. The van der Waals surface area contributed by atoms with E-state index in [0.717, 1.165) is 49.0 Å². The Morgan fingerprint density at radius 3 is 2.30 bits per heavy atom. The third-order valence-corrected chi connectivity index (χ3v) is 14.5. The number of nitrogens with one attached hydrogen (secondary N) is 2. The van der Waals surface area contributed by atoms with Gasteiger partial charge in [-0.05, 0) is 82.1 Å². The van der Waals surface area contributed by atoms with Gasteiger partial charge in [0.1, 0.15) is 12.3 Å². The van der Waals surface area contributed by atoms with E-state index >= 15 is 0 Å². The van der Waals surface area contributed by atoms with Gasteiger partial charge in [-0.3, -0.25) is 24.1 Å². The Kier molecular flexibility index (Phi) is 19.0. The molecule has 2 aromatic carbocycles. The average Bonchev–Trinajstić information content (AvgIpc) is 3.88. The van der Waals surface area contributed by atoms with Crippen molar-refractivity contribution in [2.45, 2.75) is 155 Å². The van der Waals surface area contributed by atoms with E-state index in [-0.39, 0.29) is 92.4 Å². The number of fused-ring (bicyclic) bond motifs is 2. The van der Waals surface area contributed by atoms with Crippen molar-refractivity contribution in [2.24, 2.45) is 17.3 Å². The van der Waals surface area contributed by atoms with E-state index in [2.05, 4.69) is 17.1 Å². The second-order valence-corrected chi connectivity index (χ2v) is 20.7. The quantitative estimate of drug-likeness (QED) is 0.0453. The minimum absolute atomic E-state index is 0.00341. The zero-order valence-electron chi connectivity index (χ0n) is 42.4. The SMILES string of the molecule is C=C1C[C@H]2[C@H](O)N(C(=O)OCc3ccc(NBC(=O)C(C)(C)CCOC(C)(C)CCNC(=O)CCN4C(=O)CC(C5CCCCCCCC5)C4=O)cc3)c3cc(OCCCC)c(OC)cc3C(=O)N2C1. The standard InChI is InChI=1S/C53H76BN5O11/c1-8-9-27-68-44-32-41-40(30-43(44)67-7)48(63)58-33-35(2)29-42(58)49(64)59(41)51(66)69-34-36-18-20-38(21-19-36)56-54-50(65)52(3,4)24-28-70-53(5,6)23-25-55-45(60)22-26-57-46(61)31-39(47(57)62)37-16-14-12-10-11-13-15-17-37/h18-21,30,32,37,39,42,49,54,56,64H,2,8-17,22-29,31,33-34H2,1,3-7H3,(H,55,60)/t39?,42-,49-/m0/s1. The second kappa shape index (κ2) is 24.6. The summed E-state index contributed by atoms with van der Waals surface area (Å²) in [6, 6.07) is 9.49. The van der Waals surface area contributed by atoms with Gasteiger partial charge in [0.15, 0.2) is 17.7 Å². The summed E-state index contributed by atoms with van der Waals surface area (Å²) in [7, 11) is 1.56. The van der Waals surface area contributed by atoms with Crippen molar-refractivity contribution in [3.8, 4) is 11.5 Å². The molecule has 6 rings (SSSR count). The molecule has 3 fully saturated rings. The molecule has 3 atom stereocenters. The lowest BCUT2D eigenvalue weighted by molar-refractivity contribution is -0.140. The van der Waals surface area contributed by atoms with E-state index in [4.69, 9.17) is 18.9 Å². The molecule has 0 radical (unpaired) electrons. The first-order chi connectivity index (χ1) is 33.4. The van der Waals surface area contributed by atoms with Crippen LogP contribution in [0.1, 0.15) is 147 Å². The van der Waals surface area contributed by atoms with E-state index in [9.17, 15) is 33.9 Å². The normalized spacial score (nSPS) is 20.2. The van der Waals surface area contributed by atoms with Gasteiger partial charge < -0.3 is 44.3 Å². The highest BCUT2D eigenvalue weighted by Gasteiger charge is 2.47. The fourth-order valence-corrected chi connectivity index (χ4v) is 9.84. The summed E-state index contributed by atoms with van der Waals surface area (Å²) in [6.45, 7) is 15.1. The van der Waals surface area contributed by atoms with Crippen LogP contribution in [0.3, 0.4) is 0 Å². The average molecular weight is 970 g/mol. The van der Waals surface area contributed by atoms with E-state index in [1.54, 1.807) is 30.3 Å². The molecule has 16 nitrogen and oxygen atoms in total. The van der Waals surface area contributed by atoms with Crippen LogP contribution in [0, 0.1) is 17.3 Å². The maximum atomic E-state index is 13.9. The lowest BCUT2D eigenvalue weighted by Gasteiger charge is -2.31. The Balaban J connectivity index is 0.922. The maximum Gasteiger partial charge on any atom is 0.416 e. The summed E-state index contributed by atoms with van der Waals surface area (Å²) >= 11 is 0. The monoisotopic (exact) mass is 970 g/mol. The number of benzene rings is 2. The van der Waals surface area contributed by atoms with Gasteiger partial charge in [0, 0.05) is 56.3 Å². The second-order valence-electron chi connectivity index (χ2n) is 20.7. The molecule has 1 saturated carbocycles. The number of aliphatic hydroxyl groups excluding tert-OH is 1. The van der Waals surface area contributed by atoms with Crippen molar-refractivity contribution in [3.05, 3.63) is 59.7 Å². The van der Waals surface area contributed by atoms with Crippen LogP contribution in [0.25, 0.3) is 0 Å². The molecular formula is C53H76BN5O11. The van der Waals surface area contributed by atoms with Crippen LogP contribution >= 0.6 is 0 Å². The van der Waals surface area contributed by atoms with Crippen molar-refractivity contribution < 1.29 is 52.8 Å². The number of likely N-dealkylation sites (tertiary alicyclic amines) is 1. The predicted molar refractivity (Wildman–Crippen MR) is 269 cm³/mol. The zero-order chi connectivity index (χ0) is 50.6. The van der Waals surface area contributed by atoms with Crippen LogP contribution in [0.4, 0.5) is 16.2 Å². The number of hydrogen-bond donors (Lipinski definition) is 3. The van der Waals surface area contributed by atoms with Crippen molar-refractivity contribution >= 4 is 54.2 Å². The van der Waals surface area contributed by atoms with E-state index < -0.39 is 29.4 Å². The van der Waals surface area contributed by atoms with Gasteiger partial charge in [0.05, 0.1) is 42.5 Å². The molecule has 3 heterocycles. The van der Waals surface area contributed by atoms with E-state index in [1.165, 1.54) is 48.7 Å². The number of anilines is 2. The Morgan fingerprint density at radius 1 is 0.914 bits per heavy atom. The maximum absolute atomic E-state index is 13.9. The number of carbonyl (C=O) groups excluding carboxylic acids is 6. The molecule has 17 heteroatoms. The topological polar surface area (TPSA) is 193 Å². The first-order valence-electron chi connectivity index (χ1n) is 25.5.